The molecule has 0 aromatic carbocycles. The highest BCUT2D eigenvalue weighted by molar-refractivity contribution is 5.75. The number of hydrogen-bond acceptors (Lipinski definition) is 2. The maximum Gasteiger partial charge on any atom is 0.309 e. The van der Waals surface area contributed by atoms with Crippen LogP contribution in [0.15, 0.2) is 12.8 Å². The van der Waals surface area contributed by atoms with Crippen molar-refractivity contribution in [1.82, 2.24) is 0 Å². The average molecular weight is 222 g/mol. The van der Waals surface area contributed by atoms with Gasteiger partial charge < -0.3 is 9.84 Å². The highest BCUT2D eigenvalue weighted by atomic mass is 16.5. The molecule has 4 rings (SSSR count). The van der Waals surface area contributed by atoms with Gasteiger partial charge in [-0.1, -0.05) is 6.58 Å². The van der Waals surface area contributed by atoms with Crippen molar-refractivity contribution in [2.24, 2.45) is 17.3 Å². The predicted octanol–water partition coefficient (Wildman–Crippen LogP) is 2.57. The summed E-state index contributed by atoms with van der Waals surface area (Å²) >= 11 is 0. The molecule has 3 nitrogen and oxygen atoms in total. The summed E-state index contributed by atoms with van der Waals surface area (Å²) in [4.78, 5) is 11.5. The summed E-state index contributed by atoms with van der Waals surface area (Å²) in [6.07, 6.45) is 7.19. The van der Waals surface area contributed by atoms with Crippen LogP contribution in [0.4, 0.5) is 0 Å². The number of aliphatic carboxylic acids is 1. The van der Waals surface area contributed by atoms with E-state index in [0.29, 0.717) is 18.3 Å². The van der Waals surface area contributed by atoms with Gasteiger partial charge in [0.05, 0.1) is 11.7 Å². The van der Waals surface area contributed by atoms with E-state index in [2.05, 4.69) is 6.58 Å². The first-order valence-electron chi connectivity index (χ1n) is 6.10. The smallest absolute Gasteiger partial charge is 0.309 e. The highest BCUT2D eigenvalue weighted by Crippen LogP contribution is 2.62. The molecule has 1 N–H and O–H groups in total. The van der Waals surface area contributed by atoms with Crippen LogP contribution in [0.5, 0.6) is 0 Å². The van der Waals surface area contributed by atoms with Crippen molar-refractivity contribution < 1.29 is 14.6 Å². The molecule has 0 amide bonds. The molecule has 4 aliphatic carbocycles. The molecule has 0 aromatic heterocycles. The van der Waals surface area contributed by atoms with Crippen molar-refractivity contribution in [2.75, 3.05) is 0 Å². The third-order valence-electron chi connectivity index (χ3n) is 4.79. The quantitative estimate of drug-likeness (QED) is 0.746. The van der Waals surface area contributed by atoms with Crippen LogP contribution >= 0.6 is 0 Å². The largest absolute Gasteiger partial charge is 0.495 e. The molecule has 0 aliphatic heterocycles. The standard InChI is InChI=1S/C13H18O3/c1-2-16-13-6-9-3-10(7-13)5-12(4-9,8-13)11(14)15/h2,9-10H,1,3-8H2,(H,14,15). The third kappa shape index (κ3) is 1.23. The molecule has 4 aliphatic rings. The van der Waals surface area contributed by atoms with Crippen LogP contribution in [0.25, 0.3) is 0 Å². The van der Waals surface area contributed by atoms with E-state index in [1.54, 1.807) is 0 Å². The van der Waals surface area contributed by atoms with Crippen LogP contribution in [0.2, 0.25) is 0 Å². The fraction of sp³-hybridized carbons (Fsp3) is 0.769. The Labute approximate surface area is 95.5 Å². The van der Waals surface area contributed by atoms with E-state index in [-0.39, 0.29) is 5.60 Å². The Morgan fingerprint density at radius 3 is 2.44 bits per heavy atom. The zero-order valence-corrected chi connectivity index (χ0v) is 9.45. The Balaban J connectivity index is 1.96. The van der Waals surface area contributed by atoms with E-state index in [4.69, 9.17) is 4.74 Å². The van der Waals surface area contributed by atoms with Gasteiger partial charge in [-0.2, -0.15) is 0 Å². The molecule has 2 unspecified atom stereocenters. The van der Waals surface area contributed by atoms with Gasteiger partial charge in [-0.05, 0) is 43.9 Å². The van der Waals surface area contributed by atoms with Gasteiger partial charge in [0.25, 0.3) is 0 Å². The lowest BCUT2D eigenvalue weighted by Crippen LogP contribution is -2.58. The Morgan fingerprint density at radius 2 is 1.94 bits per heavy atom. The number of rotatable bonds is 3. The first-order chi connectivity index (χ1) is 7.57. The predicted molar refractivity (Wildman–Crippen MR) is 58.8 cm³/mol. The van der Waals surface area contributed by atoms with Crippen molar-refractivity contribution in [3.8, 4) is 0 Å². The first-order valence-corrected chi connectivity index (χ1v) is 6.10. The minimum absolute atomic E-state index is 0.204. The van der Waals surface area contributed by atoms with Gasteiger partial charge in [0.2, 0.25) is 0 Å². The van der Waals surface area contributed by atoms with Crippen molar-refractivity contribution in [3.63, 3.8) is 0 Å². The van der Waals surface area contributed by atoms with Crippen molar-refractivity contribution in [1.29, 1.82) is 0 Å². The van der Waals surface area contributed by atoms with Crippen molar-refractivity contribution >= 4 is 5.97 Å². The first kappa shape index (κ1) is 10.2. The molecule has 0 saturated heterocycles. The fourth-order valence-corrected chi connectivity index (χ4v) is 4.74. The summed E-state index contributed by atoms with van der Waals surface area (Å²) < 4.78 is 5.72. The lowest BCUT2D eigenvalue weighted by Gasteiger charge is -2.59. The minimum Gasteiger partial charge on any atom is -0.495 e. The monoisotopic (exact) mass is 222 g/mol. The second-order valence-corrected chi connectivity index (χ2v) is 6.01. The molecule has 88 valence electrons. The molecular weight excluding hydrogens is 204 g/mol. The summed E-state index contributed by atoms with van der Waals surface area (Å²) in [5.41, 5.74) is -0.697. The second-order valence-electron chi connectivity index (χ2n) is 6.01. The van der Waals surface area contributed by atoms with E-state index < -0.39 is 11.4 Å². The summed E-state index contributed by atoms with van der Waals surface area (Å²) in [6.45, 7) is 3.63. The summed E-state index contributed by atoms with van der Waals surface area (Å²) in [5, 5.41) is 9.48. The number of carboxylic acid groups (broad SMARTS) is 1. The molecule has 4 fully saturated rings. The van der Waals surface area contributed by atoms with E-state index in [9.17, 15) is 9.90 Å². The summed E-state index contributed by atoms with van der Waals surface area (Å²) in [5.74, 6) is 0.494. The van der Waals surface area contributed by atoms with Crippen LogP contribution in [0.1, 0.15) is 38.5 Å². The SMILES string of the molecule is C=COC12CC3CC(C1)CC(C(=O)O)(C3)C2. The summed E-state index contributed by atoms with van der Waals surface area (Å²) in [6, 6.07) is 0. The molecule has 0 heterocycles. The van der Waals surface area contributed by atoms with Crippen LogP contribution in [0, 0.1) is 17.3 Å². The zero-order chi connectivity index (χ0) is 11.4. The van der Waals surface area contributed by atoms with Crippen molar-refractivity contribution in [2.45, 2.75) is 44.1 Å². The van der Waals surface area contributed by atoms with Gasteiger partial charge in [0.15, 0.2) is 0 Å². The number of carboxylic acids is 1. The molecule has 2 atom stereocenters. The highest BCUT2D eigenvalue weighted by Gasteiger charge is 2.61. The Kier molecular flexibility index (Phi) is 1.92. The lowest BCUT2D eigenvalue weighted by molar-refractivity contribution is -0.192. The third-order valence-corrected chi connectivity index (χ3v) is 4.79. The zero-order valence-electron chi connectivity index (χ0n) is 9.45. The van der Waals surface area contributed by atoms with Crippen LogP contribution in [-0.2, 0) is 9.53 Å². The van der Waals surface area contributed by atoms with E-state index >= 15 is 0 Å². The number of carbonyl (C=O) groups is 1. The normalized spacial score (nSPS) is 49.0. The second kappa shape index (κ2) is 3.02. The molecule has 4 saturated carbocycles. The Morgan fingerprint density at radius 1 is 1.31 bits per heavy atom. The maximum atomic E-state index is 11.5. The van der Waals surface area contributed by atoms with E-state index in [1.807, 2.05) is 0 Å². The van der Waals surface area contributed by atoms with Crippen LogP contribution in [0.3, 0.4) is 0 Å². The molecule has 0 spiro atoms. The average Bonchev–Trinajstić information content (AvgIpc) is 2.14. The Bertz CT molecular complexity index is 333. The molecule has 0 aromatic rings. The van der Waals surface area contributed by atoms with Gasteiger partial charge >= 0.3 is 5.97 Å². The molecule has 3 heteroatoms. The van der Waals surface area contributed by atoms with Gasteiger partial charge in [-0.3, -0.25) is 4.79 Å². The van der Waals surface area contributed by atoms with Gasteiger partial charge in [-0.15, -0.1) is 0 Å². The number of hydrogen-bond donors (Lipinski definition) is 1. The van der Waals surface area contributed by atoms with E-state index in [1.165, 1.54) is 12.7 Å². The molecule has 16 heavy (non-hydrogen) atoms. The lowest BCUT2D eigenvalue weighted by atomic mass is 9.48. The fourth-order valence-electron chi connectivity index (χ4n) is 4.74. The summed E-state index contributed by atoms with van der Waals surface area (Å²) in [7, 11) is 0. The van der Waals surface area contributed by atoms with E-state index in [0.717, 1.165) is 25.7 Å². The van der Waals surface area contributed by atoms with Crippen molar-refractivity contribution in [3.05, 3.63) is 12.8 Å². The molecular formula is C13H18O3. The van der Waals surface area contributed by atoms with Gasteiger partial charge in [0, 0.05) is 6.42 Å². The maximum absolute atomic E-state index is 11.5. The molecule has 0 radical (unpaired) electrons. The van der Waals surface area contributed by atoms with Gasteiger partial charge in [-0.25, -0.2) is 0 Å². The van der Waals surface area contributed by atoms with Crippen LogP contribution in [-0.4, -0.2) is 16.7 Å². The minimum atomic E-state index is -0.612. The topological polar surface area (TPSA) is 46.5 Å². The van der Waals surface area contributed by atoms with Crippen LogP contribution < -0.4 is 0 Å². The van der Waals surface area contributed by atoms with Gasteiger partial charge in [0.1, 0.15) is 5.60 Å². The molecule has 4 bridgehead atoms. The Hall–Kier alpha value is -0.990. The number of ether oxygens (including phenoxy) is 1.